The number of carbonyl (C=O) groups excluding carboxylic acids is 1. The smallest absolute Gasteiger partial charge is 0.407 e. The molecule has 3 aromatic rings. The third-order valence-electron chi connectivity index (χ3n) is 5.44. The number of anilines is 1. The lowest BCUT2D eigenvalue weighted by molar-refractivity contribution is -0.139. The van der Waals surface area contributed by atoms with Crippen LogP contribution in [0.4, 0.5) is 10.5 Å². The van der Waals surface area contributed by atoms with Crippen molar-refractivity contribution in [2.45, 2.75) is 18.4 Å². The molecule has 0 aliphatic heterocycles. The largest absolute Gasteiger partial charge is 0.480 e. The van der Waals surface area contributed by atoms with Crippen LogP contribution in [0.5, 0.6) is 0 Å². The number of rotatable bonds is 6. The molecule has 7 heteroatoms. The predicted octanol–water partition coefficient (Wildman–Crippen LogP) is 4.46. The quantitative estimate of drug-likeness (QED) is 0.495. The van der Waals surface area contributed by atoms with Crippen LogP contribution in [0, 0.1) is 0 Å². The zero-order valence-electron chi connectivity index (χ0n) is 16.5. The summed E-state index contributed by atoms with van der Waals surface area (Å²) in [5.74, 6) is -1.27. The van der Waals surface area contributed by atoms with Crippen LogP contribution in [-0.4, -0.2) is 29.8 Å². The first-order valence-corrected chi connectivity index (χ1v) is 10.2. The third kappa shape index (κ3) is 4.34. The Hall–Kier alpha value is -3.51. The number of carboxylic acid groups (broad SMARTS) is 1. The number of carbonyl (C=O) groups is 2. The molecule has 0 heterocycles. The summed E-state index contributed by atoms with van der Waals surface area (Å²) in [6.45, 7) is 0.111. The lowest BCUT2D eigenvalue weighted by Gasteiger charge is -2.17. The van der Waals surface area contributed by atoms with E-state index in [2.05, 4.69) is 5.32 Å². The zero-order chi connectivity index (χ0) is 22.0. The molecule has 1 aliphatic carbocycles. The van der Waals surface area contributed by atoms with E-state index in [-0.39, 0.29) is 18.9 Å². The molecular formula is C24H21ClN2O4. The SMILES string of the molecule is Nc1ccc(C[C@@H](NC(=O)OCC2c3ccccc3-c3ccccc32)C(=O)O)cc1Cl. The van der Waals surface area contributed by atoms with Crippen molar-refractivity contribution in [1.82, 2.24) is 5.32 Å². The number of hydrogen-bond donors (Lipinski definition) is 3. The highest BCUT2D eigenvalue weighted by molar-refractivity contribution is 6.33. The number of carboxylic acids is 1. The minimum atomic E-state index is -1.17. The van der Waals surface area contributed by atoms with Gasteiger partial charge in [-0.05, 0) is 39.9 Å². The molecular weight excluding hydrogens is 416 g/mol. The highest BCUT2D eigenvalue weighted by Crippen LogP contribution is 2.44. The highest BCUT2D eigenvalue weighted by atomic mass is 35.5. The minimum absolute atomic E-state index is 0.0551. The van der Waals surface area contributed by atoms with Gasteiger partial charge in [-0.2, -0.15) is 0 Å². The molecule has 0 aromatic heterocycles. The molecule has 4 N–H and O–H groups in total. The molecule has 0 saturated heterocycles. The fourth-order valence-corrected chi connectivity index (χ4v) is 4.12. The van der Waals surface area contributed by atoms with Gasteiger partial charge in [0.05, 0.1) is 10.7 Å². The summed E-state index contributed by atoms with van der Waals surface area (Å²) in [6.07, 6.45) is -0.727. The number of amides is 1. The van der Waals surface area contributed by atoms with Crippen LogP contribution in [0.1, 0.15) is 22.6 Å². The maximum atomic E-state index is 12.4. The number of halogens is 1. The predicted molar refractivity (Wildman–Crippen MR) is 119 cm³/mol. The summed E-state index contributed by atoms with van der Waals surface area (Å²) in [4.78, 5) is 24.1. The molecule has 0 fully saturated rings. The molecule has 31 heavy (non-hydrogen) atoms. The Bertz CT molecular complexity index is 1100. The average molecular weight is 437 g/mol. The van der Waals surface area contributed by atoms with Gasteiger partial charge in [-0.15, -0.1) is 0 Å². The van der Waals surface area contributed by atoms with Crippen LogP contribution < -0.4 is 11.1 Å². The topological polar surface area (TPSA) is 102 Å². The maximum Gasteiger partial charge on any atom is 0.407 e. The van der Waals surface area contributed by atoms with Gasteiger partial charge in [-0.25, -0.2) is 9.59 Å². The van der Waals surface area contributed by atoms with Gasteiger partial charge in [-0.1, -0.05) is 66.2 Å². The van der Waals surface area contributed by atoms with Gasteiger partial charge >= 0.3 is 12.1 Å². The lowest BCUT2D eigenvalue weighted by Crippen LogP contribution is -2.42. The Morgan fingerprint density at radius 3 is 2.23 bits per heavy atom. The molecule has 6 nitrogen and oxygen atoms in total. The van der Waals surface area contributed by atoms with E-state index < -0.39 is 18.1 Å². The second-order valence-corrected chi connectivity index (χ2v) is 7.83. The van der Waals surface area contributed by atoms with Crippen LogP contribution in [0.25, 0.3) is 11.1 Å². The van der Waals surface area contributed by atoms with E-state index in [1.165, 1.54) is 0 Å². The molecule has 0 unspecified atom stereocenters. The number of aliphatic carboxylic acids is 1. The third-order valence-corrected chi connectivity index (χ3v) is 5.77. The summed E-state index contributed by atoms with van der Waals surface area (Å²) >= 11 is 6.00. The van der Waals surface area contributed by atoms with Crippen molar-refractivity contribution in [3.63, 3.8) is 0 Å². The minimum Gasteiger partial charge on any atom is -0.480 e. The Morgan fingerprint density at radius 1 is 1.03 bits per heavy atom. The van der Waals surface area contributed by atoms with E-state index in [1.807, 2.05) is 48.5 Å². The van der Waals surface area contributed by atoms with E-state index in [4.69, 9.17) is 22.1 Å². The average Bonchev–Trinajstić information content (AvgIpc) is 3.08. The van der Waals surface area contributed by atoms with Crippen LogP contribution in [0.3, 0.4) is 0 Å². The zero-order valence-corrected chi connectivity index (χ0v) is 17.3. The van der Waals surface area contributed by atoms with E-state index in [9.17, 15) is 14.7 Å². The Balaban J connectivity index is 1.43. The summed E-state index contributed by atoms with van der Waals surface area (Å²) in [7, 11) is 0. The number of nitrogen functional groups attached to an aromatic ring is 1. The maximum absolute atomic E-state index is 12.4. The standard InChI is InChI=1S/C24H21ClN2O4/c25-20-11-14(9-10-21(20)26)12-22(23(28)29)27-24(30)31-13-19-17-7-3-1-5-15(17)16-6-2-4-8-18(16)19/h1-11,19,22H,12-13,26H2,(H,27,30)(H,28,29)/t22-/m1/s1. The van der Waals surface area contributed by atoms with Gasteiger partial charge in [0.2, 0.25) is 0 Å². The number of alkyl carbamates (subject to hydrolysis) is 1. The van der Waals surface area contributed by atoms with Crippen molar-refractivity contribution < 1.29 is 19.4 Å². The summed E-state index contributed by atoms with van der Waals surface area (Å²) < 4.78 is 5.44. The molecule has 1 atom stereocenters. The fourth-order valence-electron chi connectivity index (χ4n) is 3.92. The monoisotopic (exact) mass is 436 g/mol. The second-order valence-electron chi connectivity index (χ2n) is 7.42. The van der Waals surface area contributed by atoms with Gasteiger partial charge in [-0.3, -0.25) is 0 Å². The van der Waals surface area contributed by atoms with Crippen LogP contribution >= 0.6 is 11.6 Å². The number of fused-ring (bicyclic) bond motifs is 3. The van der Waals surface area contributed by atoms with Crippen LogP contribution in [0.2, 0.25) is 5.02 Å². The Morgan fingerprint density at radius 2 is 1.65 bits per heavy atom. The van der Waals surface area contributed by atoms with E-state index in [1.54, 1.807) is 18.2 Å². The highest BCUT2D eigenvalue weighted by Gasteiger charge is 2.29. The van der Waals surface area contributed by atoms with Crippen LogP contribution in [-0.2, 0) is 16.0 Å². The molecule has 0 spiro atoms. The van der Waals surface area contributed by atoms with Gasteiger partial charge in [0.25, 0.3) is 0 Å². The number of nitrogens with two attached hydrogens (primary N) is 1. The number of benzene rings is 3. The van der Waals surface area contributed by atoms with Gasteiger partial charge in [0.15, 0.2) is 0 Å². The van der Waals surface area contributed by atoms with Crippen molar-refractivity contribution in [3.05, 3.63) is 88.4 Å². The summed E-state index contributed by atoms with van der Waals surface area (Å²) in [5, 5.41) is 12.3. The Labute approximate surface area is 184 Å². The first kappa shape index (κ1) is 20.8. The molecule has 4 rings (SSSR count). The second kappa shape index (κ2) is 8.70. The molecule has 1 aliphatic rings. The molecule has 0 radical (unpaired) electrons. The van der Waals surface area contributed by atoms with Gasteiger partial charge in [0, 0.05) is 12.3 Å². The number of ether oxygens (including phenoxy) is 1. The van der Waals surface area contributed by atoms with Crippen molar-refractivity contribution >= 4 is 29.4 Å². The van der Waals surface area contributed by atoms with E-state index >= 15 is 0 Å². The van der Waals surface area contributed by atoms with Crippen LogP contribution in [0.15, 0.2) is 66.7 Å². The Kier molecular flexibility index (Phi) is 5.82. The van der Waals surface area contributed by atoms with Crippen molar-refractivity contribution in [1.29, 1.82) is 0 Å². The first-order valence-electron chi connectivity index (χ1n) is 9.82. The molecule has 158 valence electrons. The van der Waals surface area contributed by atoms with Crippen molar-refractivity contribution in [3.8, 4) is 11.1 Å². The number of nitrogens with one attached hydrogen (secondary N) is 1. The normalized spacial score (nSPS) is 13.2. The van der Waals surface area contributed by atoms with Gasteiger partial charge in [0.1, 0.15) is 12.6 Å². The number of hydrogen-bond acceptors (Lipinski definition) is 4. The fraction of sp³-hybridized carbons (Fsp3) is 0.167. The van der Waals surface area contributed by atoms with Crippen molar-refractivity contribution in [2.75, 3.05) is 12.3 Å². The molecule has 1 amide bonds. The van der Waals surface area contributed by atoms with Crippen molar-refractivity contribution in [2.24, 2.45) is 0 Å². The van der Waals surface area contributed by atoms with E-state index in [0.29, 0.717) is 16.3 Å². The molecule has 0 bridgehead atoms. The van der Waals surface area contributed by atoms with E-state index in [0.717, 1.165) is 22.3 Å². The first-order chi connectivity index (χ1) is 14.9. The summed E-state index contributed by atoms with van der Waals surface area (Å²) in [5.41, 5.74) is 11.2. The summed E-state index contributed by atoms with van der Waals surface area (Å²) in [6, 6.07) is 19.7. The molecule has 3 aromatic carbocycles. The molecule has 0 saturated carbocycles. The lowest BCUT2D eigenvalue weighted by atomic mass is 9.98. The van der Waals surface area contributed by atoms with Gasteiger partial charge < -0.3 is 20.9 Å².